The minimum Gasteiger partial charge on any atom is -0.465 e. The first-order valence-electron chi connectivity index (χ1n) is 11.9. The van der Waals surface area contributed by atoms with E-state index in [0.717, 1.165) is 6.42 Å². The van der Waals surface area contributed by atoms with E-state index in [1.807, 2.05) is 16.8 Å². The van der Waals surface area contributed by atoms with Crippen molar-refractivity contribution >= 4 is 39.8 Å². The number of hydrogen-bond acceptors (Lipinski definition) is 9. The Labute approximate surface area is 224 Å². The molecule has 1 fully saturated rings. The van der Waals surface area contributed by atoms with Gasteiger partial charge in [-0.3, -0.25) is 4.79 Å². The van der Waals surface area contributed by atoms with Crippen LogP contribution in [0.4, 0.5) is 5.13 Å². The Hall–Kier alpha value is -3.20. The number of imidazole rings is 1. The Kier molecular flexibility index (Phi) is 8.32. The fourth-order valence-electron chi connectivity index (χ4n) is 4.65. The standard InChI is InChI=1S/C25H29ClN6O4S/c1-14-13-32(7-5-16(14)11-18(33)20-17(12-27)19(26)15(2)29-20)25-30-21(22(37-25)24(34)36-4)23-28-6-8-31(23)9-10-35-3/h6,8,14,16,29H,5,7,9-11,13H2,1-4H3/t14-,16-/m0/s1. The maximum Gasteiger partial charge on any atom is 0.350 e. The van der Waals surface area contributed by atoms with E-state index in [1.165, 1.54) is 18.4 Å². The number of Topliss-reactive ketones (excluding diaryl/α,β-unsaturated/α-hetero) is 1. The summed E-state index contributed by atoms with van der Waals surface area (Å²) < 4.78 is 12.1. The third-order valence-electron chi connectivity index (χ3n) is 6.75. The number of thiazole rings is 1. The topological polar surface area (TPSA) is 126 Å². The molecule has 0 amide bonds. The highest BCUT2D eigenvalue weighted by atomic mass is 35.5. The molecule has 0 spiro atoms. The Balaban J connectivity index is 1.52. The van der Waals surface area contributed by atoms with Crippen molar-refractivity contribution in [2.45, 2.75) is 33.2 Å². The Bertz CT molecular complexity index is 1340. The van der Waals surface area contributed by atoms with Crippen molar-refractivity contribution in [3.05, 3.63) is 39.2 Å². The summed E-state index contributed by atoms with van der Waals surface area (Å²) in [5, 5.41) is 10.4. The largest absolute Gasteiger partial charge is 0.465 e. The van der Waals surface area contributed by atoms with Crippen LogP contribution < -0.4 is 4.90 Å². The summed E-state index contributed by atoms with van der Waals surface area (Å²) in [6, 6.07) is 2.04. The molecular formula is C25H29ClN6O4S. The van der Waals surface area contributed by atoms with Crippen LogP contribution in [0.1, 0.15) is 51.2 Å². The van der Waals surface area contributed by atoms with Gasteiger partial charge in [-0.25, -0.2) is 14.8 Å². The van der Waals surface area contributed by atoms with Gasteiger partial charge in [0.2, 0.25) is 0 Å². The zero-order valence-electron chi connectivity index (χ0n) is 21.2. The molecule has 0 aliphatic carbocycles. The van der Waals surface area contributed by atoms with E-state index in [2.05, 4.69) is 21.8 Å². The first kappa shape index (κ1) is 26.9. The second kappa shape index (κ2) is 11.5. The summed E-state index contributed by atoms with van der Waals surface area (Å²) >= 11 is 7.46. The van der Waals surface area contributed by atoms with E-state index in [4.69, 9.17) is 26.1 Å². The fraction of sp³-hybridized carbons (Fsp3) is 0.480. The van der Waals surface area contributed by atoms with Gasteiger partial charge in [0, 0.05) is 51.3 Å². The molecule has 196 valence electrons. The molecule has 0 radical (unpaired) electrons. The van der Waals surface area contributed by atoms with Gasteiger partial charge in [-0.1, -0.05) is 29.9 Å². The number of methoxy groups -OCH3 is 2. The summed E-state index contributed by atoms with van der Waals surface area (Å²) in [6.45, 7) is 6.30. The molecule has 4 heterocycles. The van der Waals surface area contributed by atoms with Gasteiger partial charge in [-0.2, -0.15) is 5.26 Å². The summed E-state index contributed by atoms with van der Waals surface area (Å²) in [5.74, 6) is 0.352. The van der Waals surface area contributed by atoms with Crippen molar-refractivity contribution in [3.8, 4) is 17.6 Å². The second-order valence-electron chi connectivity index (χ2n) is 9.13. The number of rotatable bonds is 9. The van der Waals surface area contributed by atoms with Crippen LogP contribution in [0.25, 0.3) is 11.5 Å². The van der Waals surface area contributed by atoms with Crippen molar-refractivity contribution in [2.75, 3.05) is 38.8 Å². The third-order valence-corrected chi connectivity index (χ3v) is 8.32. The van der Waals surface area contributed by atoms with Gasteiger partial charge in [0.25, 0.3) is 0 Å². The molecule has 1 saturated heterocycles. The average Bonchev–Trinajstić information content (AvgIpc) is 3.60. The molecule has 1 aliphatic heterocycles. The van der Waals surface area contributed by atoms with E-state index >= 15 is 0 Å². The van der Waals surface area contributed by atoms with E-state index in [9.17, 15) is 14.9 Å². The van der Waals surface area contributed by atoms with E-state index in [-0.39, 0.29) is 28.9 Å². The molecule has 3 aromatic heterocycles. The summed E-state index contributed by atoms with van der Waals surface area (Å²) in [5.41, 5.74) is 1.61. The zero-order chi connectivity index (χ0) is 26.7. The number of carbonyl (C=O) groups excluding carboxylic acids is 2. The number of nitrogens with zero attached hydrogens (tertiary/aromatic N) is 5. The number of aromatic nitrogens is 4. The van der Waals surface area contributed by atoms with Crippen LogP contribution in [-0.4, -0.2) is 65.2 Å². The zero-order valence-corrected chi connectivity index (χ0v) is 22.8. The number of esters is 1. The minimum atomic E-state index is -0.457. The molecule has 0 unspecified atom stereocenters. The highest BCUT2D eigenvalue weighted by molar-refractivity contribution is 7.17. The molecule has 1 N–H and O–H groups in total. The Morgan fingerprint density at radius 3 is 2.84 bits per heavy atom. The number of halogens is 1. The molecule has 0 saturated carbocycles. The average molecular weight is 545 g/mol. The quantitative estimate of drug-likeness (QED) is 0.311. The molecular weight excluding hydrogens is 516 g/mol. The normalized spacial score (nSPS) is 17.6. The highest BCUT2D eigenvalue weighted by Gasteiger charge is 2.33. The molecule has 10 nitrogen and oxygen atoms in total. The summed E-state index contributed by atoms with van der Waals surface area (Å²) in [7, 11) is 2.98. The number of piperidine rings is 1. The molecule has 0 bridgehead atoms. The lowest BCUT2D eigenvalue weighted by Crippen LogP contribution is -2.40. The molecule has 3 aromatic rings. The van der Waals surface area contributed by atoms with Crippen LogP contribution in [0, 0.1) is 30.1 Å². The second-order valence-corrected chi connectivity index (χ2v) is 10.5. The number of nitrogens with one attached hydrogen (secondary N) is 1. The number of ketones is 1. The summed E-state index contributed by atoms with van der Waals surface area (Å²) in [4.78, 5) is 40.4. The van der Waals surface area contributed by atoms with Crippen molar-refractivity contribution in [3.63, 3.8) is 0 Å². The number of anilines is 1. The number of nitriles is 1. The molecule has 1 aliphatic rings. The number of ether oxygens (including phenoxy) is 2. The van der Waals surface area contributed by atoms with Crippen molar-refractivity contribution < 1.29 is 19.1 Å². The van der Waals surface area contributed by atoms with Crippen LogP contribution in [0.5, 0.6) is 0 Å². The van der Waals surface area contributed by atoms with Gasteiger partial charge >= 0.3 is 5.97 Å². The molecule has 2 atom stereocenters. The lowest BCUT2D eigenvalue weighted by Gasteiger charge is -2.36. The third kappa shape index (κ3) is 5.42. The maximum atomic E-state index is 13.0. The Morgan fingerprint density at radius 1 is 1.38 bits per heavy atom. The van der Waals surface area contributed by atoms with Gasteiger partial charge in [0.1, 0.15) is 22.3 Å². The van der Waals surface area contributed by atoms with Gasteiger partial charge in [0.05, 0.1) is 24.3 Å². The van der Waals surface area contributed by atoms with Crippen LogP contribution >= 0.6 is 22.9 Å². The molecule has 12 heteroatoms. The number of aromatic amines is 1. The van der Waals surface area contributed by atoms with Gasteiger partial charge in [0.15, 0.2) is 16.7 Å². The smallest absolute Gasteiger partial charge is 0.350 e. The van der Waals surface area contributed by atoms with Gasteiger partial charge in [-0.05, 0) is 25.2 Å². The van der Waals surface area contributed by atoms with Crippen LogP contribution in [0.3, 0.4) is 0 Å². The van der Waals surface area contributed by atoms with Gasteiger partial charge in [-0.15, -0.1) is 0 Å². The molecule has 0 aromatic carbocycles. The minimum absolute atomic E-state index is 0.107. The van der Waals surface area contributed by atoms with Crippen LogP contribution in [0.15, 0.2) is 12.4 Å². The van der Waals surface area contributed by atoms with Crippen molar-refractivity contribution in [2.24, 2.45) is 11.8 Å². The van der Waals surface area contributed by atoms with E-state index < -0.39 is 5.97 Å². The van der Waals surface area contributed by atoms with E-state index in [0.29, 0.717) is 64.9 Å². The Morgan fingerprint density at radius 2 is 2.16 bits per heavy atom. The first-order valence-corrected chi connectivity index (χ1v) is 13.1. The first-order chi connectivity index (χ1) is 17.8. The highest BCUT2D eigenvalue weighted by Crippen LogP contribution is 2.37. The number of H-pyrrole nitrogens is 1. The van der Waals surface area contributed by atoms with E-state index in [1.54, 1.807) is 20.2 Å². The number of carbonyl (C=O) groups is 2. The fourth-order valence-corrected chi connectivity index (χ4v) is 5.85. The lowest BCUT2D eigenvalue weighted by atomic mass is 9.83. The number of hydrogen-bond donors (Lipinski definition) is 1. The lowest BCUT2D eigenvalue weighted by molar-refractivity contribution is 0.0606. The van der Waals surface area contributed by atoms with Crippen molar-refractivity contribution in [1.82, 2.24) is 19.5 Å². The molecule has 37 heavy (non-hydrogen) atoms. The predicted octanol–water partition coefficient (Wildman–Crippen LogP) is 4.34. The van der Waals surface area contributed by atoms with Crippen molar-refractivity contribution in [1.29, 1.82) is 5.26 Å². The van der Waals surface area contributed by atoms with Gasteiger partial charge < -0.3 is 23.9 Å². The SMILES string of the molecule is COCCn1ccnc1-c1nc(N2CC[C@@H](CC(=O)c3[nH]c(C)c(Cl)c3C#N)[C@@H](C)C2)sc1C(=O)OC. The number of aryl methyl sites for hydroxylation is 1. The molecule has 4 rings (SSSR count). The maximum absolute atomic E-state index is 13.0. The van der Waals surface area contributed by atoms with Crippen LogP contribution in [-0.2, 0) is 16.0 Å². The predicted molar refractivity (Wildman–Crippen MR) is 140 cm³/mol. The summed E-state index contributed by atoms with van der Waals surface area (Å²) in [6.07, 6.45) is 4.60. The van der Waals surface area contributed by atoms with Crippen LogP contribution in [0.2, 0.25) is 5.02 Å². The monoisotopic (exact) mass is 544 g/mol.